The van der Waals surface area contributed by atoms with Crippen LogP contribution in [0.1, 0.15) is 42.5 Å². The highest BCUT2D eigenvalue weighted by Gasteiger charge is 2.35. The van der Waals surface area contributed by atoms with Gasteiger partial charge in [0.05, 0.1) is 11.8 Å². The number of carbonyl (C=O) groups is 1. The number of aromatic nitrogens is 1. The van der Waals surface area contributed by atoms with E-state index in [1.807, 2.05) is 4.90 Å². The molecular formula is C15H21N3O2. The average molecular weight is 275 g/mol. The molecule has 1 aromatic heterocycles. The Morgan fingerprint density at radius 3 is 3.00 bits per heavy atom. The van der Waals surface area contributed by atoms with Crippen molar-refractivity contribution in [2.45, 2.75) is 44.2 Å². The molecule has 108 valence electrons. The summed E-state index contributed by atoms with van der Waals surface area (Å²) in [5.74, 6) is -0.0931. The molecule has 2 fully saturated rings. The van der Waals surface area contributed by atoms with Crippen LogP contribution in [0.5, 0.6) is 5.75 Å². The highest BCUT2D eigenvalue weighted by Crippen LogP contribution is 2.27. The van der Waals surface area contributed by atoms with Crippen molar-refractivity contribution in [1.29, 1.82) is 0 Å². The zero-order valence-corrected chi connectivity index (χ0v) is 11.6. The number of aromatic hydroxyl groups is 1. The van der Waals surface area contributed by atoms with Gasteiger partial charge in [0.2, 0.25) is 0 Å². The standard InChI is InChI=1S/C15H21N3O2/c19-14-10-16-8-6-11(14)15(20)18-9-2-1-5-13(18)12-4-3-7-17-12/h6,8,10,12-13,17,19H,1-5,7,9H2. The van der Waals surface area contributed by atoms with Crippen LogP contribution in [-0.2, 0) is 0 Å². The molecule has 5 nitrogen and oxygen atoms in total. The Balaban J connectivity index is 1.82. The second-order valence-electron chi connectivity index (χ2n) is 5.66. The van der Waals surface area contributed by atoms with E-state index in [2.05, 4.69) is 10.3 Å². The molecule has 2 N–H and O–H groups in total. The smallest absolute Gasteiger partial charge is 0.258 e. The van der Waals surface area contributed by atoms with Crippen molar-refractivity contribution in [1.82, 2.24) is 15.2 Å². The third kappa shape index (κ3) is 2.50. The molecule has 1 aromatic rings. The fraction of sp³-hybridized carbons (Fsp3) is 0.600. The molecule has 3 rings (SSSR count). The average Bonchev–Trinajstić information content (AvgIpc) is 3.01. The molecule has 5 heteroatoms. The van der Waals surface area contributed by atoms with Crippen LogP contribution in [-0.4, -0.2) is 46.1 Å². The van der Waals surface area contributed by atoms with Crippen molar-refractivity contribution in [3.8, 4) is 5.75 Å². The van der Waals surface area contributed by atoms with Crippen LogP contribution in [0.3, 0.4) is 0 Å². The van der Waals surface area contributed by atoms with E-state index in [4.69, 9.17) is 0 Å². The molecule has 3 heterocycles. The number of nitrogens with one attached hydrogen (secondary N) is 1. The van der Waals surface area contributed by atoms with Crippen LogP contribution in [0, 0.1) is 0 Å². The summed E-state index contributed by atoms with van der Waals surface area (Å²) in [6.45, 7) is 1.83. The van der Waals surface area contributed by atoms with Gasteiger partial charge in [-0.1, -0.05) is 0 Å². The van der Waals surface area contributed by atoms with E-state index in [0.717, 1.165) is 32.4 Å². The number of hydrogen-bond acceptors (Lipinski definition) is 4. The predicted molar refractivity (Wildman–Crippen MR) is 75.6 cm³/mol. The number of amides is 1. The molecule has 20 heavy (non-hydrogen) atoms. The lowest BCUT2D eigenvalue weighted by Crippen LogP contribution is -2.52. The number of piperidine rings is 1. The van der Waals surface area contributed by atoms with E-state index in [1.54, 1.807) is 12.3 Å². The summed E-state index contributed by atoms with van der Waals surface area (Å²) >= 11 is 0. The molecule has 2 atom stereocenters. The van der Waals surface area contributed by atoms with E-state index in [-0.39, 0.29) is 17.7 Å². The van der Waals surface area contributed by atoms with Crippen molar-refractivity contribution in [3.63, 3.8) is 0 Å². The van der Waals surface area contributed by atoms with Gasteiger partial charge in [-0.2, -0.15) is 0 Å². The van der Waals surface area contributed by atoms with Gasteiger partial charge in [-0.15, -0.1) is 0 Å². The predicted octanol–water partition coefficient (Wildman–Crippen LogP) is 1.53. The minimum absolute atomic E-state index is 0.0267. The zero-order valence-electron chi connectivity index (χ0n) is 11.6. The summed E-state index contributed by atoms with van der Waals surface area (Å²) in [6.07, 6.45) is 8.48. The normalized spacial score (nSPS) is 26.7. The first-order chi connectivity index (χ1) is 9.77. The van der Waals surface area contributed by atoms with Gasteiger partial charge in [0.25, 0.3) is 5.91 Å². The van der Waals surface area contributed by atoms with Crippen molar-refractivity contribution in [2.24, 2.45) is 0 Å². The first-order valence-corrected chi connectivity index (χ1v) is 7.44. The molecule has 0 aliphatic carbocycles. The van der Waals surface area contributed by atoms with Crippen LogP contribution >= 0.6 is 0 Å². The van der Waals surface area contributed by atoms with Crippen LogP contribution in [0.25, 0.3) is 0 Å². The monoisotopic (exact) mass is 275 g/mol. The Bertz CT molecular complexity index is 486. The molecule has 0 aromatic carbocycles. The first kappa shape index (κ1) is 13.4. The number of hydrogen-bond donors (Lipinski definition) is 2. The van der Waals surface area contributed by atoms with Crippen molar-refractivity contribution < 1.29 is 9.90 Å². The number of pyridine rings is 1. The van der Waals surface area contributed by atoms with Crippen LogP contribution < -0.4 is 5.32 Å². The maximum atomic E-state index is 12.7. The van der Waals surface area contributed by atoms with Gasteiger partial charge in [0, 0.05) is 24.8 Å². The Morgan fingerprint density at radius 2 is 2.25 bits per heavy atom. The van der Waals surface area contributed by atoms with E-state index in [0.29, 0.717) is 11.6 Å². The molecule has 0 spiro atoms. The molecule has 0 bridgehead atoms. The minimum Gasteiger partial charge on any atom is -0.505 e. The number of carbonyl (C=O) groups excluding carboxylic acids is 1. The first-order valence-electron chi connectivity index (χ1n) is 7.44. The molecule has 0 radical (unpaired) electrons. The van der Waals surface area contributed by atoms with E-state index in [1.165, 1.54) is 19.0 Å². The summed E-state index contributed by atoms with van der Waals surface area (Å²) in [7, 11) is 0. The summed E-state index contributed by atoms with van der Waals surface area (Å²) in [6, 6.07) is 2.26. The summed E-state index contributed by atoms with van der Waals surface area (Å²) < 4.78 is 0. The fourth-order valence-corrected chi connectivity index (χ4v) is 3.39. The second-order valence-corrected chi connectivity index (χ2v) is 5.66. The third-order valence-corrected chi connectivity index (χ3v) is 4.40. The summed E-state index contributed by atoms with van der Waals surface area (Å²) in [5.41, 5.74) is 0.366. The van der Waals surface area contributed by atoms with Gasteiger partial charge in [-0.3, -0.25) is 9.78 Å². The maximum Gasteiger partial charge on any atom is 0.258 e. The Kier molecular flexibility index (Phi) is 3.87. The fourth-order valence-electron chi connectivity index (χ4n) is 3.39. The van der Waals surface area contributed by atoms with Crippen LogP contribution in [0.4, 0.5) is 0 Å². The molecule has 2 unspecified atom stereocenters. The Labute approximate surface area is 119 Å². The summed E-state index contributed by atoms with van der Waals surface area (Å²) in [5, 5.41) is 13.3. The number of likely N-dealkylation sites (tertiary alicyclic amines) is 1. The highest BCUT2D eigenvalue weighted by molar-refractivity contribution is 5.96. The largest absolute Gasteiger partial charge is 0.505 e. The highest BCUT2D eigenvalue weighted by atomic mass is 16.3. The SMILES string of the molecule is O=C(c1ccncc1O)N1CCCCC1C1CCCN1. The lowest BCUT2D eigenvalue weighted by atomic mass is 9.93. The van der Waals surface area contributed by atoms with E-state index < -0.39 is 0 Å². The molecule has 2 saturated heterocycles. The molecular weight excluding hydrogens is 254 g/mol. The second kappa shape index (κ2) is 5.79. The van der Waals surface area contributed by atoms with Gasteiger partial charge >= 0.3 is 0 Å². The molecule has 0 saturated carbocycles. The minimum atomic E-state index is -0.0664. The van der Waals surface area contributed by atoms with Gasteiger partial charge < -0.3 is 15.3 Å². The van der Waals surface area contributed by atoms with E-state index >= 15 is 0 Å². The molecule has 1 amide bonds. The topological polar surface area (TPSA) is 65.5 Å². The van der Waals surface area contributed by atoms with Crippen LogP contribution in [0.15, 0.2) is 18.5 Å². The third-order valence-electron chi connectivity index (χ3n) is 4.40. The quantitative estimate of drug-likeness (QED) is 0.859. The van der Waals surface area contributed by atoms with Gasteiger partial charge in [0.1, 0.15) is 5.75 Å². The lowest BCUT2D eigenvalue weighted by Gasteiger charge is -2.39. The van der Waals surface area contributed by atoms with Crippen molar-refractivity contribution in [2.75, 3.05) is 13.1 Å². The van der Waals surface area contributed by atoms with Gasteiger partial charge in [0.15, 0.2) is 0 Å². The maximum absolute atomic E-state index is 12.7. The number of nitrogens with zero attached hydrogens (tertiary/aromatic N) is 2. The van der Waals surface area contributed by atoms with Crippen LogP contribution in [0.2, 0.25) is 0 Å². The van der Waals surface area contributed by atoms with Gasteiger partial charge in [-0.05, 0) is 44.7 Å². The Morgan fingerprint density at radius 1 is 1.35 bits per heavy atom. The molecule has 2 aliphatic rings. The van der Waals surface area contributed by atoms with Gasteiger partial charge in [-0.25, -0.2) is 0 Å². The zero-order chi connectivity index (χ0) is 13.9. The van der Waals surface area contributed by atoms with E-state index in [9.17, 15) is 9.90 Å². The lowest BCUT2D eigenvalue weighted by molar-refractivity contribution is 0.0560. The van der Waals surface area contributed by atoms with Crippen molar-refractivity contribution >= 4 is 5.91 Å². The number of rotatable bonds is 2. The van der Waals surface area contributed by atoms with Crippen molar-refractivity contribution in [3.05, 3.63) is 24.0 Å². The summed E-state index contributed by atoms with van der Waals surface area (Å²) in [4.78, 5) is 18.5. The molecule has 2 aliphatic heterocycles. The Hall–Kier alpha value is -1.62.